The van der Waals surface area contributed by atoms with Gasteiger partial charge in [-0.1, -0.05) is 78.9 Å². The fourth-order valence-electron chi connectivity index (χ4n) is 4.78. The Morgan fingerprint density at radius 3 is 2.47 bits per heavy atom. The number of phenols is 1. The quantitative estimate of drug-likeness (QED) is 0.286. The first-order chi connectivity index (χ1) is 18.5. The van der Waals surface area contributed by atoms with Crippen molar-refractivity contribution in [2.45, 2.75) is 19.9 Å². The Hall–Kier alpha value is -4.24. The molecule has 1 atom stereocenters. The van der Waals surface area contributed by atoms with Crippen LogP contribution in [0.1, 0.15) is 12.5 Å². The first kappa shape index (κ1) is 25.4. The third kappa shape index (κ3) is 5.10. The average Bonchev–Trinajstić information content (AvgIpc) is 2.93. The van der Waals surface area contributed by atoms with E-state index in [2.05, 4.69) is 40.9 Å². The molecule has 0 amide bonds. The lowest BCUT2D eigenvalue weighted by atomic mass is 9.93. The van der Waals surface area contributed by atoms with Crippen LogP contribution in [0.25, 0.3) is 22.0 Å². The molecule has 0 bridgehead atoms. The third-order valence-electron chi connectivity index (χ3n) is 6.50. The molecule has 5 nitrogen and oxygen atoms in total. The van der Waals surface area contributed by atoms with Crippen LogP contribution in [0.3, 0.4) is 0 Å². The highest BCUT2D eigenvalue weighted by atomic mass is 27.1. The number of rotatable bonds is 3. The van der Waals surface area contributed by atoms with E-state index in [4.69, 9.17) is 8.77 Å². The number of nitrogens with zero attached hydrogens (tertiary/aromatic N) is 2. The number of phenolic OH excluding ortho intramolecular Hbond substituents is 1. The Bertz CT molecular complexity index is 1610. The summed E-state index contributed by atoms with van der Waals surface area (Å²) in [5, 5.41) is 21.4. The Labute approximate surface area is 231 Å². The predicted octanol–water partition coefficient (Wildman–Crippen LogP) is 7.10. The second-order valence-corrected chi connectivity index (χ2v) is 9.47. The highest BCUT2D eigenvalue weighted by molar-refractivity contribution is 6.00. The molecule has 1 aromatic heterocycles. The van der Waals surface area contributed by atoms with Gasteiger partial charge >= 0.3 is 16.6 Å². The Morgan fingerprint density at radius 1 is 0.921 bits per heavy atom. The number of pyridine rings is 1. The van der Waals surface area contributed by atoms with E-state index < -0.39 is 0 Å². The maximum Gasteiger partial charge on any atom is 0.482 e. The molecule has 2 radical (unpaired) electrons. The average molecular weight is 515 g/mol. The van der Waals surface area contributed by atoms with Crippen LogP contribution >= 0.6 is 0 Å². The second kappa shape index (κ2) is 11.0. The largest absolute Gasteiger partial charge is 0.653 e. The summed E-state index contributed by atoms with van der Waals surface area (Å²) in [4.78, 5) is 6.67. The van der Waals surface area contributed by atoms with Gasteiger partial charge < -0.3 is 18.9 Å². The van der Waals surface area contributed by atoms with Crippen LogP contribution in [-0.4, -0.2) is 37.9 Å². The molecule has 4 aromatic rings. The molecule has 1 aliphatic heterocycles. The highest BCUT2D eigenvalue weighted by Gasteiger charge is 2.30. The lowest BCUT2D eigenvalue weighted by Gasteiger charge is -2.35. The molecule has 2 N–H and O–H groups in total. The number of hydrogen-bond donors (Lipinski definition) is 2. The van der Waals surface area contributed by atoms with E-state index in [9.17, 15) is 10.2 Å². The lowest BCUT2D eigenvalue weighted by molar-refractivity contribution is 0.376. The SMILES string of the molecule is CC1=CN(c2nc3c(O)cccc3cc2C)C2C(O)=CC=CC2=C1.[Al][O]c1ccccc1-c1ccccc1. The van der Waals surface area contributed by atoms with Crippen molar-refractivity contribution < 1.29 is 14.0 Å². The first-order valence-electron chi connectivity index (χ1n) is 12.3. The highest BCUT2D eigenvalue weighted by Crippen LogP contribution is 2.36. The molecular formula is C32H27AlN2O3. The number of aliphatic hydroxyl groups is 1. The van der Waals surface area contributed by atoms with Gasteiger partial charge in [0.05, 0.1) is 5.75 Å². The first-order valence-corrected chi connectivity index (χ1v) is 12.8. The summed E-state index contributed by atoms with van der Waals surface area (Å²) in [7, 11) is 0. The maximum atomic E-state index is 10.4. The summed E-state index contributed by atoms with van der Waals surface area (Å²) in [6.07, 6.45) is 9.60. The summed E-state index contributed by atoms with van der Waals surface area (Å²) >= 11 is 2.28. The smallest absolute Gasteiger partial charge is 0.482 e. The van der Waals surface area contributed by atoms with Gasteiger partial charge in [-0.25, -0.2) is 4.98 Å². The molecule has 6 heteroatoms. The van der Waals surface area contributed by atoms with Crippen molar-refractivity contribution in [3.8, 4) is 22.6 Å². The number of anilines is 1. The molecule has 3 aromatic carbocycles. The summed E-state index contributed by atoms with van der Waals surface area (Å²) < 4.78 is 5.22. The number of benzene rings is 3. The Kier molecular flexibility index (Phi) is 7.37. The van der Waals surface area contributed by atoms with Gasteiger partial charge in [0, 0.05) is 17.1 Å². The van der Waals surface area contributed by atoms with Crippen LogP contribution in [0, 0.1) is 6.92 Å². The van der Waals surface area contributed by atoms with Crippen molar-refractivity contribution in [3.05, 3.63) is 132 Å². The summed E-state index contributed by atoms with van der Waals surface area (Å²) in [5.74, 6) is 2.05. The normalized spacial score (nSPS) is 16.0. The minimum Gasteiger partial charge on any atom is -0.653 e. The zero-order valence-electron chi connectivity index (χ0n) is 21.2. The van der Waals surface area contributed by atoms with Gasteiger partial charge in [-0.05, 0) is 60.4 Å². The summed E-state index contributed by atoms with van der Waals surface area (Å²) in [5.41, 5.74) is 5.94. The van der Waals surface area contributed by atoms with Crippen LogP contribution in [0.15, 0.2) is 126 Å². The van der Waals surface area contributed by atoms with Crippen LogP contribution in [0.5, 0.6) is 11.5 Å². The number of fused-ring (bicyclic) bond motifs is 2. The number of allylic oxidation sites excluding steroid dienone is 4. The van der Waals surface area contributed by atoms with E-state index in [1.807, 2.05) is 91.7 Å². The van der Waals surface area contributed by atoms with Gasteiger partial charge in [0.25, 0.3) is 0 Å². The van der Waals surface area contributed by atoms with Gasteiger partial charge in [0.15, 0.2) is 0 Å². The molecule has 186 valence electrons. The molecular weight excluding hydrogens is 487 g/mol. The minimum absolute atomic E-state index is 0.158. The van der Waals surface area contributed by atoms with E-state index >= 15 is 0 Å². The fourth-order valence-corrected chi connectivity index (χ4v) is 4.99. The van der Waals surface area contributed by atoms with Crippen molar-refractivity contribution in [3.63, 3.8) is 0 Å². The number of aromatic hydroxyl groups is 1. The predicted molar refractivity (Wildman–Crippen MR) is 154 cm³/mol. The van der Waals surface area contributed by atoms with Crippen molar-refractivity contribution in [2.75, 3.05) is 4.90 Å². The number of aromatic nitrogens is 1. The molecule has 1 aliphatic carbocycles. The van der Waals surface area contributed by atoms with E-state index in [0.717, 1.165) is 39.2 Å². The maximum absolute atomic E-state index is 10.4. The molecule has 0 spiro atoms. The van der Waals surface area contributed by atoms with Gasteiger partial charge in [-0.3, -0.25) is 0 Å². The van der Waals surface area contributed by atoms with Gasteiger partial charge in [0.2, 0.25) is 0 Å². The zero-order chi connectivity index (χ0) is 26.6. The molecule has 6 rings (SSSR count). The van der Waals surface area contributed by atoms with Crippen LogP contribution in [0.2, 0.25) is 0 Å². The Balaban J connectivity index is 0.000000179. The van der Waals surface area contributed by atoms with Crippen LogP contribution in [0.4, 0.5) is 5.82 Å². The van der Waals surface area contributed by atoms with Crippen molar-refractivity contribution >= 4 is 33.3 Å². The molecule has 0 saturated carbocycles. The minimum atomic E-state index is -0.284. The zero-order valence-corrected chi connectivity index (χ0v) is 22.4. The number of hydrogen-bond acceptors (Lipinski definition) is 5. The number of para-hydroxylation sites is 2. The summed E-state index contributed by atoms with van der Waals surface area (Å²) in [6, 6.07) is 25.3. The van der Waals surface area contributed by atoms with Crippen molar-refractivity contribution in [2.24, 2.45) is 0 Å². The number of aryl methyl sites for hydroxylation is 1. The van der Waals surface area contributed by atoms with Crippen molar-refractivity contribution in [1.29, 1.82) is 0 Å². The van der Waals surface area contributed by atoms with Crippen molar-refractivity contribution in [1.82, 2.24) is 4.98 Å². The van der Waals surface area contributed by atoms with E-state index in [1.165, 1.54) is 5.56 Å². The molecule has 38 heavy (non-hydrogen) atoms. The van der Waals surface area contributed by atoms with Crippen LogP contribution in [-0.2, 0) is 0 Å². The van der Waals surface area contributed by atoms with Crippen LogP contribution < -0.4 is 8.69 Å². The third-order valence-corrected chi connectivity index (χ3v) is 6.75. The van der Waals surface area contributed by atoms with E-state index in [1.54, 1.807) is 12.1 Å². The van der Waals surface area contributed by atoms with E-state index in [0.29, 0.717) is 5.52 Å². The monoisotopic (exact) mass is 514 g/mol. The molecule has 2 heterocycles. The van der Waals surface area contributed by atoms with Gasteiger partial charge in [-0.15, -0.1) is 0 Å². The fraction of sp³-hybridized carbons (Fsp3) is 0.0938. The van der Waals surface area contributed by atoms with Gasteiger partial charge in [-0.2, -0.15) is 0 Å². The lowest BCUT2D eigenvalue weighted by Crippen LogP contribution is -2.38. The topological polar surface area (TPSA) is 65.8 Å². The Morgan fingerprint density at radius 2 is 1.68 bits per heavy atom. The second-order valence-electron chi connectivity index (χ2n) is 9.24. The molecule has 2 aliphatic rings. The molecule has 0 fully saturated rings. The molecule has 0 saturated heterocycles. The van der Waals surface area contributed by atoms with Gasteiger partial charge in [0.1, 0.15) is 28.9 Å². The van der Waals surface area contributed by atoms with E-state index in [-0.39, 0.29) is 17.6 Å². The standard InChI is InChI=1S/C20H18N2O2.C12H10O.Al/c1-12-9-15-6-4-8-17(24)19(15)22(11-12)20-13(2)10-14-5-3-7-16(23)18(14)21-20;13-12-9-5-4-8-11(12)10-6-2-1-3-7-10;/h3-11,19,23-24H,1-2H3;1-9,13H;/q;;+1/p-1. The summed E-state index contributed by atoms with van der Waals surface area (Å²) in [6.45, 7) is 4.01. The molecule has 1 unspecified atom stereocenters. The number of aliphatic hydroxyl groups excluding tert-OH is 1.